The highest BCUT2D eigenvalue weighted by Crippen LogP contribution is 2.41. The Kier molecular flexibility index (Phi) is 7.41. The van der Waals surface area contributed by atoms with Crippen molar-refractivity contribution in [1.29, 1.82) is 0 Å². The van der Waals surface area contributed by atoms with Crippen LogP contribution >= 0.6 is 11.6 Å². The van der Waals surface area contributed by atoms with Crippen molar-refractivity contribution in [2.45, 2.75) is 38.8 Å². The fraction of sp³-hybridized carbons (Fsp3) is 0.219. The van der Waals surface area contributed by atoms with Gasteiger partial charge in [0.15, 0.2) is 0 Å². The van der Waals surface area contributed by atoms with Crippen molar-refractivity contribution in [3.63, 3.8) is 0 Å². The Morgan fingerprint density at radius 2 is 1.74 bits per heavy atom. The first kappa shape index (κ1) is 25.8. The minimum Gasteiger partial charge on any atom is -0.509 e. The van der Waals surface area contributed by atoms with Crippen LogP contribution in [0.5, 0.6) is 0 Å². The number of amides is 1. The topological polar surface area (TPSA) is 72.8 Å². The largest absolute Gasteiger partial charge is 0.509 e. The molecule has 0 saturated carbocycles. The number of aryl methyl sites for hydroxylation is 1. The molecule has 0 radical (unpaired) electrons. The Labute approximate surface area is 228 Å². The molecule has 4 aromatic rings. The summed E-state index contributed by atoms with van der Waals surface area (Å²) in [6.45, 7) is 4.40. The maximum Gasteiger partial charge on any atom is 0.260 e. The maximum atomic E-state index is 13.8. The van der Waals surface area contributed by atoms with Crippen molar-refractivity contribution < 1.29 is 15.0 Å². The molecule has 0 bridgehead atoms. The second-order valence-corrected chi connectivity index (χ2v) is 10.2. The number of aliphatic hydroxyl groups excluding tert-OH is 2. The highest BCUT2D eigenvalue weighted by molar-refractivity contribution is 6.30. The van der Waals surface area contributed by atoms with Gasteiger partial charge in [-0.05, 0) is 72.0 Å². The maximum absolute atomic E-state index is 13.8. The number of carbonyl (C=O) groups excluding carboxylic acids is 1. The molecule has 3 N–H and O–H groups in total. The molecular weight excluding hydrogens is 496 g/mol. The highest BCUT2D eigenvalue weighted by atomic mass is 35.5. The predicted molar refractivity (Wildman–Crippen MR) is 155 cm³/mol. The molecule has 0 fully saturated rings. The number of hydrogen-bond acceptors (Lipinski definition) is 4. The van der Waals surface area contributed by atoms with Crippen molar-refractivity contribution in [2.75, 3.05) is 16.8 Å². The van der Waals surface area contributed by atoms with Crippen molar-refractivity contribution in [1.82, 2.24) is 0 Å². The summed E-state index contributed by atoms with van der Waals surface area (Å²) in [5.74, 6) is -0.544. The number of anilines is 2. The van der Waals surface area contributed by atoms with Crippen molar-refractivity contribution in [2.24, 2.45) is 0 Å². The molecular formula is C32H31ClN2O3. The van der Waals surface area contributed by atoms with E-state index in [-0.39, 0.29) is 17.2 Å². The van der Waals surface area contributed by atoms with Crippen LogP contribution in [0.4, 0.5) is 11.4 Å². The summed E-state index contributed by atoms with van der Waals surface area (Å²) in [4.78, 5) is 15.4. The second-order valence-electron chi connectivity index (χ2n) is 9.76. The summed E-state index contributed by atoms with van der Waals surface area (Å²) < 4.78 is 0. The lowest BCUT2D eigenvalue weighted by Gasteiger charge is -2.36. The van der Waals surface area contributed by atoms with E-state index in [4.69, 9.17) is 11.6 Å². The number of aliphatic hydroxyl groups is 2. The van der Waals surface area contributed by atoms with Gasteiger partial charge < -0.3 is 20.4 Å². The zero-order valence-electron chi connectivity index (χ0n) is 21.5. The number of nitrogens with one attached hydrogen (secondary N) is 1. The molecule has 1 heterocycles. The summed E-state index contributed by atoms with van der Waals surface area (Å²) in [5, 5.41) is 29.4. The molecule has 0 spiro atoms. The molecule has 38 heavy (non-hydrogen) atoms. The zero-order chi connectivity index (χ0) is 26.8. The summed E-state index contributed by atoms with van der Waals surface area (Å²) in [6, 6.07) is 26.4. The number of nitrogens with zero attached hydrogens (tertiary/aromatic N) is 1. The molecule has 5 nitrogen and oxygen atoms in total. The van der Waals surface area contributed by atoms with Gasteiger partial charge in [0.05, 0.1) is 17.3 Å². The molecule has 6 heteroatoms. The molecule has 0 saturated heterocycles. The SMILES string of the molecule is CCCN1C(=O)C(=C(O)C(Cc2ccc(Cl)cc2)Nc2ccc3ccccc3c2)C(O)c2c(C)cccc21. The molecule has 2 unspecified atom stereocenters. The number of benzene rings is 4. The monoisotopic (exact) mass is 526 g/mol. The minimum atomic E-state index is -1.24. The number of hydrogen-bond donors (Lipinski definition) is 3. The lowest BCUT2D eigenvalue weighted by atomic mass is 9.87. The van der Waals surface area contributed by atoms with E-state index in [0.717, 1.165) is 34.0 Å². The van der Waals surface area contributed by atoms with E-state index in [2.05, 4.69) is 5.32 Å². The third kappa shape index (κ3) is 5.00. The summed E-state index contributed by atoms with van der Waals surface area (Å²) in [5.41, 5.74) is 3.95. The van der Waals surface area contributed by atoms with Gasteiger partial charge in [-0.3, -0.25) is 4.79 Å². The molecule has 4 aromatic carbocycles. The predicted octanol–water partition coefficient (Wildman–Crippen LogP) is 7.13. The fourth-order valence-electron chi connectivity index (χ4n) is 5.21. The molecule has 194 valence electrons. The van der Waals surface area contributed by atoms with Crippen LogP contribution in [0.3, 0.4) is 0 Å². The van der Waals surface area contributed by atoms with Crippen LogP contribution in [0.15, 0.2) is 96.3 Å². The smallest absolute Gasteiger partial charge is 0.260 e. The number of halogens is 1. The average molecular weight is 527 g/mol. The van der Waals surface area contributed by atoms with Crippen molar-refractivity contribution in [3.05, 3.63) is 118 Å². The van der Waals surface area contributed by atoms with E-state index in [1.807, 2.05) is 86.6 Å². The van der Waals surface area contributed by atoms with Gasteiger partial charge in [-0.2, -0.15) is 0 Å². The molecule has 1 aliphatic rings. The number of fused-ring (bicyclic) bond motifs is 2. The lowest BCUT2D eigenvalue weighted by Crippen LogP contribution is -2.41. The van der Waals surface area contributed by atoms with Crippen LogP contribution < -0.4 is 10.2 Å². The van der Waals surface area contributed by atoms with E-state index in [0.29, 0.717) is 29.2 Å². The van der Waals surface area contributed by atoms with Gasteiger partial charge in [0.25, 0.3) is 5.91 Å². The molecule has 0 aromatic heterocycles. The standard InChI is InChI=1S/C32H31ClN2O3/c1-3-17-35-27-10-6-7-20(2)28(27)31(37)29(32(35)38)30(36)26(18-21-11-14-24(33)15-12-21)34-25-16-13-22-8-4-5-9-23(22)19-25/h4-16,19,26,31,34,36-37H,3,17-18H2,1-2H3. The molecule has 1 amide bonds. The second kappa shape index (κ2) is 10.9. The van der Waals surface area contributed by atoms with E-state index >= 15 is 0 Å². The van der Waals surface area contributed by atoms with Crippen LogP contribution in [0, 0.1) is 6.92 Å². The molecule has 1 aliphatic heterocycles. The minimum absolute atomic E-state index is 0.00695. The Morgan fingerprint density at radius 1 is 1.00 bits per heavy atom. The summed E-state index contributed by atoms with van der Waals surface area (Å²) in [7, 11) is 0. The average Bonchev–Trinajstić information content (AvgIpc) is 2.91. The van der Waals surface area contributed by atoms with Gasteiger partial charge in [0.1, 0.15) is 11.9 Å². The number of carbonyl (C=O) groups is 1. The lowest BCUT2D eigenvalue weighted by molar-refractivity contribution is -0.116. The van der Waals surface area contributed by atoms with Crippen molar-refractivity contribution in [3.8, 4) is 0 Å². The van der Waals surface area contributed by atoms with Gasteiger partial charge in [-0.1, -0.05) is 73.1 Å². The van der Waals surface area contributed by atoms with E-state index in [9.17, 15) is 15.0 Å². The first-order valence-corrected chi connectivity index (χ1v) is 13.3. The quantitative estimate of drug-likeness (QED) is 0.177. The van der Waals surface area contributed by atoms with Gasteiger partial charge >= 0.3 is 0 Å². The highest BCUT2D eigenvalue weighted by Gasteiger charge is 2.39. The van der Waals surface area contributed by atoms with Crippen LogP contribution in [0.1, 0.15) is 36.1 Å². The van der Waals surface area contributed by atoms with E-state index in [1.165, 1.54) is 0 Å². The van der Waals surface area contributed by atoms with Crippen LogP contribution in [0.2, 0.25) is 5.02 Å². The summed E-state index contributed by atoms with van der Waals surface area (Å²) in [6.07, 6.45) is -0.112. The van der Waals surface area contributed by atoms with Gasteiger partial charge in [0, 0.05) is 22.8 Å². The van der Waals surface area contributed by atoms with Gasteiger partial charge in [-0.25, -0.2) is 0 Å². The third-order valence-electron chi connectivity index (χ3n) is 7.11. The normalized spacial score (nSPS) is 17.3. The molecule has 2 atom stereocenters. The fourth-order valence-corrected chi connectivity index (χ4v) is 5.33. The van der Waals surface area contributed by atoms with Crippen LogP contribution in [0.25, 0.3) is 10.8 Å². The molecule has 5 rings (SSSR count). The first-order valence-electron chi connectivity index (χ1n) is 12.9. The van der Waals surface area contributed by atoms with E-state index in [1.54, 1.807) is 17.0 Å². The molecule has 0 aliphatic carbocycles. The van der Waals surface area contributed by atoms with Gasteiger partial charge in [0.2, 0.25) is 0 Å². The third-order valence-corrected chi connectivity index (χ3v) is 7.36. The Hall–Kier alpha value is -3.80. The number of rotatable bonds is 7. The van der Waals surface area contributed by atoms with Crippen LogP contribution in [-0.2, 0) is 11.2 Å². The zero-order valence-corrected chi connectivity index (χ0v) is 22.2. The summed E-state index contributed by atoms with van der Waals surface area (Å²) >= 11 is 6.11. The first-order chi connectivity index (χ1) is 18.4. The Morgan fingerprint density at radius 3 is 2.47 bits per heavy atom. The van der Waals surface area contributed by atoms with Crippen LogP contribution in [-0.4, -0.2) is 28.7 Å². The van der Waals surface area contributed by atoms with E-state index < -0.39 is 12.1 Å². The Balaban J connectivity index is 1.61. The van der Waals surface area contributed by atoms with Crippen molar-refractivity contribution >= 4 is 39.7 Å². The Bertz CT molecular complexity index is 1510. The van der Waals surface area contributed by atoms with Gasteiger partial charge in [-0.15, -0.1) is 0 Å².